The van der Waals surface area contributed by atoms with Crippen LogP contribution in [-0.4, -0.2) is 47.2 Å². The Bertz CT molecular complexity index is 1190. The third kappa shape index (κ3) is 5.76. The Morgan fingerprint density at radius 2 is 1.59 bits per heavy atom. The van der Waals surface area contributed by atoms with E-state index in [-0.39, 0.29) is 17.3 Å². The molecule has 0 atom stereocenters. The van der Waals surface area contributed by atoms with Crippen LogP contribution < -0.4 is 14.5 Å². The van der Waals surface area contributed by atoms with Gasteiger partial charge in [0.25, 0.3) is 10.0 Å². The molecule has 1 amide bonds. The summed E-state index contributed by atoms with van der Waals surface area (Å²) < 4.78 is 33.2. The van der Waals surface area contributed by atoms with Gasteiger partial charge in [-0.3, -0.25) is 9.10 Å². The zero-order valence-electron chi connectivity index (χ0n) is 19.2. The lowest BCUT2D eigenvalue weighted by atomic mass is 10.2. The number of morpholine rings is 1. The van der Waals surface area contributed by atoms with Crippen molar-refractivity contribution in [3.63, 3.8) is 0 Å². The first-order valence-electron chi connectivity index (χ1n) is 11.3. The first kappa shape index (κ1) is 23.8. The van der Waals surface area contributed by atoms with Crippen molar-refractivity contribution in [2.75, 3.05) is 42.1 Å². The molecule has 7 nitrogen and oxygen atoms in total. The zero-order chi connectivity index (χ0) is 24.0. The van der Waals surface area contributed by atoms with Gasteiger partial charge in [-0.15, -0.1) is 0 Å². The minimum Gasteiger partial charge on any atom is -0.378 e. The summed E-state index contributed by atoms with van der Waals surface area (Å²) in [6, 6.07) is 23.3. The number of aryl methyl sites for hydroxylation is 1. The van der Waals surface area contributed by atoms with Crippen LogP contribution in [0.4, 0.5) is 11.4 Å². The van der Waals surface area contributed by atoms with Gasteiger partial charge in [0.2, 0.25) is 5.91 Å². The quantitative estimate of drug-likeness (QED) is 0.536. The van der Waals surface area contributed by atoms with Crippen LogP contribution in [0.25, 0.3) is 0 Å². The number of rotatable bonds is 8. The molecule has 3 aromatic carbocycles. The number of carbonyl (C=O) groups excluding carboxylic acids is 1. The molecule has 34 heavy (non-hydrogen) atoms. The Morgan fingerprint density at radius 3 is 2.24 bits per heavy atom. The molecule has 0 aromatic heterocycles. The van der Waals surface area contributed by atoms with E-state index in [4.69, 9.17) is 4.74 Å². The molecule has 0 spiro atoms. The van der Waals surface area contributed by atoms with E-state index >= 15 is 0 Å². The van der Waals surface area contributed by atoms with Crippen LogP contribution in [-0.2, 0) is 26.1 Å². The second-order valence-corrected chi connectivity index (χ2v) is 10.1. The Balaban J connectivity index is 1.45. The summed E-state index contributed by atoms with van der Waals surface area (Å²) in [5, 5.41) is 2.85. The van der Waals surface area contributed by atoms with Crippen molar-refractivity contribution in [3.05, 3.63) is 90.0 Å². The minimum absolute atomic E-state index is 0.141. The third-order valence-corrected chi connectivity index (χ3v) is 7.53. The first-order chi connectivity index (χ1) is 16.4. The summed E-state index contributed by atoms with van der Waals surface area (Å²) in [5.41, 5.74) is 3.52. The van der Waals surface area contributed by atoms with Gasteiger partial charge in [0.15, 0.2) is 0 Å². The lowest BCUT2D eigenvalue weighted by Gasteiger charge is -2.29. The molecular weight excluding hydrogens is 450 g/mol. The number of nitrogens with zero attached hydrogens (tertiary/aromatic N) is 2. The van der Waals surface area contributed by atoms with E-state index in [1.807, 2.05) is 43.3 Å². The van der Waals surface area contributed by atoms with Gasteiger partial charge in [-0.2, -0.15) is 0 Å². The number of benzene rings is 3. The van der Waals surface area contributed by atoms with Crippen molar-refractivity contribution in [1.29, 1.82) is 0 Å². The molecule has 1 fully saturated rings. The van der Waals surface area contributed by atoms with Gasteiger partial charge in [-0.05, 0) is 48.9 Å². The molecule has 0 radical (unpaired) electrons. The van der Waals surface area contributed by atoms with Crippen LogP contribution in [0.15, 0.2) is 83.8 Å². The van der Waals surface area contributed by atoms with Gasteiger partial charge in [0.1, 0.15) is 6.54 Å². The molecule has 178 valence electrons. The molecule has 8 heteroatoms. The summed E-state index contributed by atoms with van der Waals surface area (Å²) in [7, 11) is -3.91. The molecule has 1 aliphatic rings. The summed E-state index contributed by atoms with van der Waals surface area (Å²) >= 11 is 0. The summed E-state index contributed by atoms with van der Waals surface area (Å²) in [6.07, 6.45) is 0. The molecule has 3 aromatic rings. The Hall–Kier alpha value is -3.36. The first-order valence-corrected chi connectivity index (χ1v) is 12.7. The number of hydrogen-bond donors (Lipinski definition) is 1. The smallest absolute Gasteiger partial charge is 0.264 e. The van der Waals surface area contributed by atoms with Gasteiger partial charge < -0.3 is 15.0 Å². The maximum Gasteiger partial charge on any atom is 0.264 e. The second kappa shape index (κ2) is 10.7. The SMILES string of the molecule is Cc1ccc(N(CC(=O)NCc2ccc(N3CCOCC3)cc2)S(=O)(=O)c2ccccc2)cc1. The number of hydrogen-bond acceptors (Lipinski definition) is 5. The zero-order valence-corrected chi connectivity index (χ0v) is 20.0. The topological polar surface area (TPSA) is 79.0 Å². The highest BCUT2D eigenvalue weighted by atomic mass is 32.2. The molecule has 0 bridgehead atoms. The Labute approximate surface area is 201 Å². The van der Waals surface area contributed by atoms with Crippen LogP contribution in [0.2, 0.25) is 0 Å². The molecule has 4 rings (SSSR count). The lowest BCUT2D eigenvalue weighted by molar-refractivity contribution is -0.119. The Morgan fingerprint density at radius 1 is 0.941 bits per heavy atom. The van der Waals surface area contributed by atoms with Crippen molar-refractivity contribution in [2.24, 2.45) is 0 Å². The van der Waals surface area contributed by atoms with E-state index in [2.05, 4.69) is 10.2 Å². The number of sulfonamides is 1. The van der Waals surface area contributed by atoms with Crippen LogP contribution in [0, 0.1) is 6.92 Å². The van der Waals surface area contributed by atoms with Crippen molar-refractivity contribution >= 4 is 27.3 Å². The average Bonchev–Trinajstić information content (AvgIpc) is 2.88. The van der Waals surface area contributed by atoms with Gasteiger partial charge in [0.05, 0.1) is 23.8 Å². The molecule has 1 aliphatic heterocycles. The predicted molar refractivity (Wildman–Crippen MR) is 133 cm³/mol. The van der Waals surface area contributed by atoms with E-state index in [1.165, 1.54) is 12.1 Å². The minimum atomic E-state index is -3.91. The maximum absolute atomic E-state index is 13.3. The van der Waals surface area contributed by atoms with Crippen molar-refractivity contribution in [2.45, 2.75) is 18.4 Å². The molecule has 0 unspecified atom stereocenters. The van der Waals surface area contributed by atoms with E-state index in [1.54, 1.807) is 30.3 Å². The predicted octanol–water partition coefficient (Wildman–Crippen LogP) is 3.34. The van der Waals surface area contributed by atoms with E-state index < -0.39 is 10.0 Å². The van der Waals surface area contributed by atoms with Crippen molar-refractivity contribution in [1.82, 2.24) is 5.32 Å². The van der Waals surface area contributed by atoms with Gasteiger partial charge in [-0.25, -0.2) is 8.42 Å². The van der Waals surface area contributed by atoms with Crippen LogP contribution >= 0.6 is 0 Å². The fourth-order valence-electron chi connectivity index (χ4n) is 3.78. The van der Waals surface area contributed by atoms with Gasteiger partial charge >= 0.3 is 0 Å². The monoisotopic (exact) mass is 479 g/mol. The standard InChI is InChI=1S/C26H29N3O4S/c1-21-7-11-24(12-8-21)29(34(31,32)25-5-3-2-4-6-25)20-26(30)27-19-22-9-13-23(14-10-22)28-15-17-33-18-16-28/h2-14H,15-20H2,1H3,(H,27,30). The number of amides is 1. The molecule has 0 aliphatic carbocycles. The second-order valence-electron chi connectivity index (χ2n) is 8.20. The number of carbonyl (C=O) groups is 1. The maximum atomic E-state index is 13.3. The lowest BCUT2D eigenvalue weighted by Crippen LogP contribution is -2.40. The highest BCUT2D eigenvalue weighted by molar-refractivity contribution is 7.92. The van der Waals surface area contributed by atoms with Crippen molar-refractivity contribution in [3.8, 4) is 0 Å². The Kier molecular flexibility index (Phi) is 7.49. The highest BCUT2D eigenvalue weighted by Crippen LogP contribution is 2.24. The number of ether oxygens (including phenoxy) is 1. The summed E-state index contributed by atoms with van der Waals surface area (Å²) in [4.78, 5) is 15.2. The van der Waals surface area contributed by atoms with Gasteiger partial charge in [0, 0.05) is 25.3 Å². The highest BCUT2D eigenvalue weighted by Gasteiger charge is 2.27. The van der Waals surface area contributed by atoms with E-state index in [0.29, 0.717) is 12.2 Å². The van der Waals surface area contributed by atoms with Crippen LogP contribution in [0.3, 0.4) is 0 Å². The van der Waals surface area contributed by atoms with E-state index in [9.17, 15) is 13.2 Å². The largest absolute Gasteiger partial charge is 0.378 e. The fourth-order valence-corrected chi connectivity index (χ4v) is 5.22. The third-order valence-electron chi connectivity index (χ3n) is 5.74. The molecular formula is C26H29N3O4S. The summed E-state index contributed by atoms with van der Waals surface area (Å²) in [5.74, 6) is -0.377. The van der Waals surface area contributed by atoms with E-state index in [0.717, 1.165) is 47.4 Å². The van der Waals surface area contributed by atoms with Crippen LogP contribution in [0.1, 0.15) is 11.1 Å². The number of anilines is 2. The van der Waals surface area contributed by atoms with Crippen molar-refractivity contribution < 1.29 is 17.9 Å². The molecule has 1 heterocycles. The summed E-state index contributed by atoms with van der Waals surface area (Å²) in [6.45, 7) is 5.10. The number of nitrogens with one attached hydrogen (secondary N) is 1. The molecule has 0 saturated carbocycles. The molecule has 1 N–H and O–H groups in total. The average molecular weight is 480 g/mol. The van der Waals surface area contributed by atoms with Gasteiger partial charge in [-0.1, -0.05) is 48.0 Å². The normalized spacial score (nSPS) is 14.0. The fraction of sp³-hybridized carbons (Fsp3) is 0.269. The molecule has 1 saturated heterocycles. The van der Waals surface area contributed by atoms with Crippen LogP contribution in [0.5, 0.6) is 0 Å².